The number of likely N-dealkylation sites (N-methyl/N-ethyl adjacent to an activating group) is 1. The Morgan fingerprint density at radius 3 is 2.52 bits per heavy atom. The van der Waals surface area contributed by atoms with Crippen molar-refractivity contribution in [1.29, 1.82) is 0 Å². The van der Waals surface area contributed by atoms with Crippen LogP contribution in [0.5, 0.6) is 0 Å². The number of carbonyl (C=O) groups is 1. The second-order valence-corrected chi connectivity index (χ2v) is 6.87. The average molecular weight is 363 g/mol. The minimum atomic E-state index is -0.0214. The molecular formula is C21H25N5O. The molecular weight excluding hydrogens is 338 g/mol. The van der Waals surface area contributed by atoms with Crippen LogP contribution < -0.4 is 5.32 Å². The molecule has 0 bridgehead atoms. The van der Waals surface area contributed by atoms with E-state index in [-0.39, 0.29) is 11.9 Å². The van der Waals surface area contributed by atoms with E-state index in [9.17, 15) is 4.79 Å². The van der Waals surface area contributed by atoms with Crippen LogP contribution in [0, 0.1) is 13.8 Å². The SMILES string of the molecule is Cc1ccc(NC(=O)CN(C)C(C)c2ccc(-n3cncn3)cc2)cc1C. The van der Waals surface area contributed by atoms with Gasteiger partial charge in [-0.15, -0.1) is 0 Å². The summed E-state index contributed by atoms with van der Waals surface area (Å²) in [6, 6.07) is 14.2. The number of hydrogen-bond donors (Lipinski definition) is 1. The number of nitrogens with zero attached hydrogens (tertiary/aromatic N) is 4. The Bertz CT molecular complexity index is 903. The highest BCUT2D eigenvalue weighted by Crippen LogP contribution is 2.20. The first kappa shape index (κ1) is 18.8. The van der Waals surface area contributed by atoms with Crippen molar-refractivity contribution >= 4 is 11.6 Å². The van der Waals surface area contributed by atoms with Gasteiger partial charge in [-0.05, 0) is 68.8 Å². The Hall–Kier alpha value is -2.99. The smallest absolute Gasteiger partial charge is 0.238 e. The molecule has 0 radical (unpaired) electrons. The quantitative estimate of drug-likeness (QED) is 0.728. The maximum Gasteiger partial charge on any atom is 0.238 e. The highest BCUT2D eigenvalue weighted by atomic mass is 16.2. The summed E-state index contributed by atoms with van der Waals surface area (Å²) in [4.78, 5) is 18.4. The van der Waals surface area contributed by atoms with Crippen LogP contribution in [0.2, 0.25) is 0 Å². The van der Waals surface area contributed by atoms with Crippen molar-refractivity contribution in [3.8, 4) is 5.69 Å². The highest BCUT2D eigenvalue weighted by molar-refractivity contribution is 5.92. The Kier molecular flexibility index (Phi) is 5.66. The maximum atomic E-state index is 12.4. The molecule has 6 nitrogen and oxygen atoms in total. The predicted molar refractivity (Wildman–Crippen MR) is 107 cm³/mol. The number of aryl methyl sites for hydroxylation is 2. The molecule has 3 aromatic rings. The fraction of sp³-hybridized carbons (Fsp3) is 0.286. The number of rotatable bonds is 6. The van der Waals surface area contributed by atoms with Crippen LogP contribution in [0.1, 0.15) is 29.7 Å². The van der Waals surface area contributed by atoms with Crippen LogP contribution in [0.4, 0.5) is 5.69 Å². The molecule has 0 aliphatic heterocycles. The number of aromatic nitrogens is 3. The molecule has 0 aliphatic rings. The zero-order chi connectivity index (χ0) is 19.4. The lowest BCUT2D eigenvalue weighted by atomic mass is 10.1. The first-order valence-electron chi connectivity index (χ1n) is 8.96. The van der Waals surface area contributed by atoms with E-state index < -0.39 is 0 Å². The van der Waals surface area contributed by atoms with E-state index >= 15 is 0 Å². The highest BCUT2D eigenvalue weighted by Gasteiger charge is 2.15. The van der Waals surface area contributed by atoms with Crippen LogP contribution in [-0.2, 0) is 4.79 Å². The van der Waals surface area contributed by atoms with E-state index in [1.165, 1.54) is 17.5 Å². The zero-order valence-electron chi connectivity index (χ0n) is 16.2. The molecule has 1 atom stereocenters. The summed E-state index contributed by atoms with van der Waals surface area (Å²) in [5.74, 6) is -0.0214. The fourth-order valence-corrected chi connectivity index (χ4v) is 2.88. The van der Waals surface area contributed by atoms with Gasteiger partial charge in [0.1, 0.15) is 12.7 Å². The van der Waals surface area contributed by atoms with Gasteiger partial charge < -0.3 is 5.32 Å². The summed E-state index contributed by atoms with van der Waals surface area (Å²) in [5, 5.41) is 7.10. The number of nitrogens with one attached hydrogen (secondary N) is 1. The normalized spacial score (nSPS) is 12.2. The van der Waals surface area contributed by atoms with Gasteiger partial charge in [0.15, 0.2) is 0 Å². The van der Waals surface area contributed by atoms with Crippen molar-refractivity contribution in [3.05, 3.63) is 71.8 Å². The second-order valence-electron chi connectivity index (χ2n) is 6.87. The Balaban J connectivity index is 1.60. The first-order valence-corrected chi connectivity index (χ1v) is 8.96. The molecule has 0 saturated heterocycles. The minimum Gasteiger partial charge on any atom is -0.325 e. The Morgan fingerprint density at radius 1 is 1.15 bits per heavy atom. The van der Waals surface area contributed by atoms with Gasteiger partial charge in [-0.3, -0.25) is 9.69 Å². The topological polar surface area (TPSA) is 63.1 Å². The molecule has 0 aliphatic carbocycles. The zero-order valence-corrected chi connectivity index (χ0v) is 16.2. The van der Waals surface area contributed by atoms with Gasteiger partial charge in [0.05, 0.1) is 12.2 Å². The standard InChI is InChI=1S/C21H25N5O/c1-15-5-8-19(11-16(15)2)24-21(27)12-25(4)17(3)18-6-9-20(10-7-18)26-14-22-13-23-26/h5-11,13-14,17H,12H2,1-4H3,(H,24,27). The van der Waals surface area contributed by atoms with Gasteiger partial charge in [0, 0.05) is 11.7 Å². The minimum absolute atomic E-state index is 0.0214. The molecule has 0 spiro atoms. The van der Waals surface area contributed by atoms with E-state index in [0.717, 1.165) is 16.9 Å². The van der Waals surface area contributed by atoms with Crippen molar-refractivity contribution in [3.63, 3.8) is 0 Å². The van der Waals surface area contributed by atoms with Gasteiger partial charge in [-0.1, -0.05) is 18.2 Å². The van der Waals surface area contributed by atoms with Crippen LogP contribution in [-0.4, -0.2) is 39.2 Å². The van der Waals surface area contributed by atoms with E-state index in [1.807, 2.05) is 49.2 Å². The first-order chi connectivity index (χ1) is 12.9. The molecule has 27 heavy (non-hydrogen) atoms. The Morgan fingerprint density at radius 2 is 1.89 bits per heavy atom. The summed E-state index contributed by atoms with van der Waals surface area (Å²) < 4.78 is 1.72. The van der Waals surface area contributed by atoms with E-state index in [4.69, 9.17) is 0 Å². The lowest BCUT2D eigenvalue weighted by Gasteiger charge is -2.24. The molecule has 1 heterocycles. The van der Waals surface area contributed by atoms with Crippen molar-refractivity contribution in [2.45, 2.75) is 26.8 Å². The van der Waals surface area contributed by atoms with Crippen molar-refractivity contribution in [2.24, 2.45) is 0 Å². The number of carbonyl (C=O) groups excluding carboxylic acids is 1. The molecule has 140 valence electrons. The van der Waals surface area contributed by atoms with Gasteiger partial charge in [-0.25, -0.2) is 9.67 Å². The van der Waals surface area contributed by atoms with Crippen LogP contribution >= 0.6 is 0 Å². The summed E-state index contributed by atoms with van der Waals surface area (Å²) in [7, 11) is 1.95. The summed E-state index contributed by atoms with van der Waals surface area (Å²) >= 11 is 0. The number of benzene rings is 2. The third-order valence-electron chi connectivity index (χ3n) is 4.90. The molecule has 1 amide bonds. The second kappa shape index (κ2) is 8.14. The third-order valence-corrected chi connectivity index (χ3v) is 4.90. The van der Waals surface area contributed by atoms with E-state index in [2.05, 4.69) is 41.4 Å². The third kappa shape index (κ3) is 4.60. The van der Waals surface area contributed by atoms with Crippen LogP contribution in [0.25, 0.3) is 5.69 Å². The van der Waals surface area contributed by atoms with Gasteiger partial charge in [0.2, 0.25) is 5.91 Å². The number of anilines is 1. The van der Waals surface area contributed by atoms with E-state index in [0.29, 0.717) is 6.54 Å². The molecule has 0 saturated carbocycles. The lowest BCUT2D eigenvalue weighted by Crippen LogP contribution is -2.32. The largest absolute Gasteiger partial charge is 0.325 e. The van der Waals surface area contributed by atoms with Gasteiger partial charge in [0.25, 0.3) is 0 Å². The Labute approximate surface area is 159 Å². The van der Waals surface area contributed by atoms with Gasteiger partial charge >= 0.3 is 0 Å². The van der Waals surface area contributed by atoms with E-state index in [1.54, 1.807) is 11.0 Å². The van der Waals surface area contributed by atoms with Crippen molar-refractivity contribution in [2.75, 3.05) is 18.9 Å². The molecule has 1 N–H and O–H groups in total. The number of amides is 1. The molecule has 1 aromatic heterocycles. The molecule has 1 unspecified atom stereocenters. The maximum absolute atomic E-state index is 12.4. The summed E-state index contributed by atoms with van der Waals surface area (Å²) in [5.41, 5.74) is 5.32. The monoisotopic (exact) mass is 363 g/mol. The number of hydrogen-bond acceptors (Lipinski definition) is 4. The lowest BCUT2D eigenvalue weighted by molar-refractivity contribution is -0.117. The van der Waals surface area contributed by atoms with Crippen molar-refractivity contribution < 1.29 is 4.79 Å². The average Bonchev–Trinajstić information content (AvgIpc) is 3.19. The van der Waals surface area contributed by atoms with Crippen LogP contribution in [0.3, 0.4) is 0 Å². The molecule has 2 aromatic carbocycles. The predicted octanol–water partition coefficient (Wildman–Crippen LogP) is 3.52. The molecule has 0 fully saturated rings. The fourth-order valence-electron chi connectivity index (χ4n) is 2.88. The molecule has 3 rings (SSSR count). The molecule has 6 heteroatoms. The van der Waals surface area contributed by atoms with Gasteiger partial charge in [-0.2, -0.15) is 5.10 Å². The summed E-state index contributed by atoms with van der Waals surface area (Å²) in [6.07, 6.45) is 3.18. The summed E-state index contributed by atoms with van der Waals surface area (Å²) in [6.45, 7) is 6.51. The van der Waals surface area contributed by atoms with Crippen molar-refractivity contribution in [1.82, 2.24) is 19.7 Å². The van der Waals surface area contributed by atoms with Crippen LogP contribution in [0.15, 0.2) is 55.1 Å².